The number of halogens is 17. The molecule has 0 radical (unpaired) electrons. The van der Waals surface area contributed by atoms with Crippen LogP contribution in [0, 0.1) is 13.8 Å². The number of rotatable bonds is 20. The highest BCUT2D eigenvalue weighted by atomic mass is 32.2. The molecule has 0 heterocycles. The van der Waals surface area contributed by atoms with E-state index in [4.69, 9.17) is 4.74 Å². The zero-order valence-electron chi connectivity index (χ0n) is 30.3. The minimum absolute atomic E-state index is 0.152. The molecule has 26 heteroatoms. The van der Waals surface area contributed by atoms with Gasteiger partial charge in [0.25, 0.3) is 0 Å². The Labute approximate surface area is 330 Å². The third-order valence-corrected chi connectivity index (χ3v) is 11.6. The maximum absolute atomic E-state index is 14.3. The normalized spacial score (nSPS) is 14.9. The number of aryl methyl sites for hydroxylation is 2. The van der Waals surface area contributed by atoms with E-state index in [1.807, 2.05) is 0 Å². The molecule has 0 aromatic heterocycles. The molecular formula is C34H31F17N2O5S2. The quantitative estimate of drug-likeness (QED) is 0.0870. The molecule has 0 aliphatic heterocycles. The first-order valence-electron chi connectivity index (χ1n) is 16.6. The fourth-order valence-corrected chi connectivity index (χ4v) is 7.33. The van der Waals surface area contributed by atoms with Crippen molar-refractivity contribution in [2.24, 2.45) is 0 Å². The fourth-order valence-electron chi connectivity index (χ4n) is 5.02. The van der Waals surface area contributed by atoms with Crippen molar-refractivity contribution in [3.63, 3.8) is 0 Å². The van der Waals surface area contributed by atoms with Crippen LogP contribution < -0.4 is 14.2 Å². The minimum atomic E-state index is -8.71. The summed E-state index contributed by atoms with van der Waals surface area (Å²) >= 11 is 0. The van der Waals surface area contributed by atoms with Crippen molar-refractivity contribution in [1.82, 2.24) is 9.44 Å². The Morgan fingerprint density at radius 3 is 1.37 bits per heavy atom. The maximum atomic E-state index is 14.3. The molecule has 3 rings (SSSR count). The first kappa shape index (κ1) is 50.4. The van der Waals surface area contributed by atoms with Gasteiger partial charge in [0, 0.05) is 19.0 Å². The topological polar surface area (TPSA) is 102 Å². The van der Waals surface area contributed by atoms with Gasteiger partial charge in [0.2, 0.25) is 20.0 Å². The predicted molar refractivity (Wildman–Crippen MR) is 177 cm³/mol. The average Bonchev–Trinajstić information content (AvgIpc) is 3.12. The number of benzene rings is 3. The van der Waals surface area contributed by atoms with Gasteiger partial charge in [0.05, 0.1) is 16.4 Å². The molecule has 0 aliphatic rings. The molecule has 0 saturated carbocycles. The zero-order valence-corrected chi connectivity index (χ0v) is 32.0. The Balaban J connectivity index is 1.73. The van der Waals surface area contributed by atoms with Crippen LogP contribution in [0.15, 0.2) is 82.6 Å². The average molecular weight is 935 g/mol. The largest absolute Gasteiger partial charge is 0.494 e. The van der Waals surface area contributed by atoms with Crippen LogP contribution in [-0.2, 0) is 26.5 Å². The molecule has 338 valence electrons. The van der Waals surface area contributed by atoms with Crippen molar-refractivity contribution in [2.45, 2.75) is 96.6 Å². The number of hydrogen-bond donors (Lipinski definition) is 2. The SMILES string of the molecule is Cc1ccc(S(=O)(=O)NC[C@H](Cc2ccc(OCCCC(F)(F)C(F)(F)C(F)(F)C(F)(F)C(F)(F)C(F)(F)C(F)(F)C(F)(F)F)cc2)NS(=O)(=O)c2ccc(C)cc2)cc1. The Hall–Kier alpha value is -3.91. The molecule has 0 spiro atoms. The Bertz CT molecular complexity index is 2150. The molecule has 0 fully saturated rings. The highest BCUT2D eigenvalue weighted by molar-refractivity contribution is 7.90. The smallest absolute Gasteiger partial charge is 0.460 e. The van der Waals surface area contributed by atoms with E-state index in [1.165, 1.54) is 60.7 Å². The molecule has 0 amide bonds. The van der Waals surface area contributed by atoms with Gasteiger partial charge >= 0.3 is 47.6 Å². The van der Waals surface area contributed by atoms with Gasteiger partial charge in [-0.25, -0.2) is 26.3 Å². The second kappa shape index (κ2) is 17.1. The summed E-state index contributed by atoms with van der Waals surface area (Å²) in [5.74, 6) is -57.2. The molecule has 3 aromatic carbocycles. The van der Waals surface area contributed by atoms with E-state index in [0.717, 1.165) is 17.7 Å². The summed E-state index contributed by atoms with van der Waals surface area (Å²) in [7, 11) is -8.46. The van der Waals surface area contributed by atoms with Crippen molar-refractivity contribution in [3.8, 4) is 5.75 Å². The van der Waals surface area contributed by atoms with E-state index in [9.17, 15) is 91.5 Å². The molecule has 0 saturated heterocycles. The first-order valence-corrected chi connectivity index (χ1v) is 19.5. The summed E-state index contributed by atoms with van der Waals surface area (Å²) in [5, 5.41) is 0. The van der Waals surface area contributed by atoms with Crippen LogP contribution in [0.1, 0.15) is 29.5 Å². The van der Waals surface area contributed by atoms with Gasteiger partial charge in [-0.3, -0.25) is 0 Å². The number of hydrogen-bond acceptors (Lipinski definition) is 5. The van der Waals surface area contributed by atoms with Crippen molar-refractivity contribution in [3.05, 3.63) is 89.5 Å². The first-order chi connectivity index (χ1) is 27.0. The lowest BCUT2D eigenvalue weighted by Crippen LogP contribution is -2.74. The Morgan fingerprint density at radius 1 is 0.533 bits per heavy atom. The third-order valence-electron chi connectivity index (χ3n) is 8.60. The van der Waals surface area contributed by atoms with E-state index in [1.54, 1.807) is 13.8 Å². The summed E-state index contributed by atoms with van der Waals surface area (Å²) in [6.07, 6.45) is -12.3. The van der Waals surface area contributed by atoms with Gasteiger partial charge in [0.15, 0.2) is 0 Å². The number of nitrogens with one attached hydrogen (secondary N) is 2. The highest BCUT2D eigenvalue weighted by Crippen LogP contribution is 2.64. The van der Waals surface area contributed by atoms with Crippen LogP contribution >= 0.6 is 0 Å². The van der Waals surface area contributed by atoms with Gasteiger partial charge in [0.1, 0.15) is 5.75 Å². The van der Waals surface area contributed by atoms with Crippen LogP contribution in [-0.4, -0.2) is 83.7 Å². The summed E-state index contributed by atoms with van der Waals surface area (Å²) in [6.45, 7) is 1.69. The van der Waals surface area contributed by atoms with Crippen molar-refractivity contribution in [1.29, 1.82) is 0 Å². The van der Waals surface area contributed by atoms with E-state index in [2.05, 4.69) is 9.44 Å². The molecule has 7 nitrogen and oxygen atoms in total. The second-order valence-corrected chi connectivity index (χ2v) is 16.7. The highest BCUT2D eigenvalue weighted by Gasteiger charge is 2.95. The maximum Gasteiger partial charge on any atom is 0.460 e. The molecule has 0 bridgehead atoms. The van der Waals surface area contributed by atoms with Crippen LogP contribution in [0.2, 0.25) is 0 Å². The lowest BCUT2D eigenvalue weighted by Gasteiger charge is -2.42. The van der Waals surface area contributed by atoms with Gasteiger partial charge in [-0.2, -0.15) is 74.6 Å². The second-order valence-electron chi connectivity index (χ2n) is 13.2. The number of ether oxygens (including phenoxy) is 1. The van der Waals surface area contributed by atoms with E-state index in [0.29, 0.717) is 5.56 Å². The van der Waals surface area contributed by atoms with Gasteiger partial charge < -0.3 is 4.74 Å². The summed E-state index contributed by atoms with van der Waals surface area (Å²) in [5.41, 5.74) is 1.70. The van der Waals surface area contributed by atoms with Gasteiger partial charge in [-0.1, -0.05) is 47.5 Å². The molecular weight excluding hydrogens is 903 g/mol. The minimum Gasteiger partial charge on any atom is -0.494 e. The van der Waals surface area contributed by atoms with Crippen LogP contribution in [0.25, 0.3) is 0 Å². The molecule has 3 aromatic rings. The molecule has 1 atom stereocenters. The van der Waals surface area contributed by atoms with Crippen LogP contribution in [0.4, 0.5) is 74.6 Å². The van der Waals surface area contributed by atoms with Gasteiger partial charge in [-0.05, 0) is 68.7 Å². The van der Waals surface area contributed by atoms with E-state index >= 15 is 0 Å². The standard InChI is InChI=1S/C34H31F17N2O5S2/c1-20-4-12-25(13-5-20)59(54,55)52-19-23(53-60(56,57)26-14-6-21(2)7-15-26)18-22-8-10-24(11-9-22)58-17-3-16-27(35,36)28(37,38)29(39,40)30(41,42)31(43,44)32(45,46)33(47,48)34(49,50)51/h4-15,23,52-53H,3,16-19H2,1-2H3/t23-/m0/s1. The van der Waals surface area contributed by atoms with E-state index < -0.39 is 99.7 Å². The lowest BCUT2D eigenvalue weighted by atomic mass is 9.88. The molecule has 60 heavy (non-hydrogen) atoms. The Kier molecular flexibility index (Phi) is 14.4. The lowest BCUT2D eigenvalue weighted by molar-refractivity contribution is -0.461. The van der Waals surface area contributed by atoms with Crippen LogP contribution in [0.5, 0.6) is 5.75 Å². The van der Waals surface area contributed by atoms with Crippen LogP contribution in [0.3, 0.4) is 0 Å². The molecule has 0 aliphatic carbocycles. The van der Waals surface area contributed by atoms with Crippen molar-refractivity contribution >= 4 is 20.0 Å². The van der Waals surface area contributed by atoms with Crippen molar-refractivity contribution < 1.29 is 96.2 Å². The summed E-state index contributed by atoms with van der Waals surface area (Å²) in [6, 6.07) is 14.5. The predicted octanol–water partition coefficient (Wildman–Crippen LogP) is 9.34. The van der Waals surface area contributed by atoms with Crippen molar-refractivity contribution in [2.75, 3.05) is 13.2 Å². The third kappa shape index (κ3) is 9.90. The van der Waals surface area contributed by atoms with Gasteiger partial charge in [-0.15, -0.1) is 0 Å². The Morgan fingerprint density at radius 2 is 0.933 bits per heavy atom. The number of alkyl halides is 17. The number of sulfonamides is 2. The summed E-state index contributed by atoms with van der Waals surface area (Å²) < 4.78 is 292. The zero-order chi connectivity index (χ0) is 46.2. The monoisotopic (exact) mass is 934 g/mol. The summed E-state index contributed by atoms with van der Waals surface area (Å²) in [4.78, 5) is -0.338. The molecule has 2 N–H and O–H groups in total. The fraction of sp³-hybridized carbons (Fsp3) is 0.471. The van der Waals surface area contributed by atoms with E-state index in [-0.39, 0.29) is 27.5 Å². The molecule has 0 unspecified atom stereocenters.